The molecule has 0 atom stereocenters. The van der Waals surface area contributed by atoms with Crippen LogP contribution in [0.1, 0.15) is 42.0 Å². The molecule has 0 aliphatic carbocycles. The SMILES string of the molecule is Cc1ccccc1/C=C1\N=C(c2ccc(C(C)C)cc2)OC1=O. The van der Waals surface area contributed by atoms with E-state index in [1.54, 1.807) is 6.08 Å². The van der Waals surface area contributed by atoms with E-state index < -0.39 is 5.97 Å². The van der Waals surface area contributed by atoms with E-state index in [-0.39, 0.29) is 0 Å². The summed E-state index contributed by atoms with van der Waals surface area (Å²) in [6, 6.07) is 15.8. The summed E-state index contributed by atoms with van der Waals surface area (Å²) in [5.74, 6) is 0.426. The fraction of sp³-hybridized carbons (Fsp3) is 0.200. The standard InChI is InChI=1S/C20H19NO2/c1-13(2)15-8-10-16(11-9-15)19-21-18(20(22)23-19)12-17-7-5-4-6-14(17)3/h4-13H,1-3H3/b18-12-. The number of benzene rings is 2. The Kier molecular flexibility index (Phi) is 4.11. The Hall–Kier alpha value is -2.68. The third kappa shape index (κ3) is 3.24. The van der Waals surface area contributed by atoms with Crippen molar-refractivity contribution < 1.29 is 9.53 Å². The maximum absolute atomic E-state index is 12.0. The average Bonchev–Trinajstić information content (AvgIpc) is 2.91. The van der Waals surface area contributed by atoms with Crippen LogP contribution in [0.25, 0.3) is 6.08 Å². The Labute approximate surface area is 136 Å². The molecule has 0 aromatic heterocycles. The Balaban J connectivity index is 1.91. The molecule has 23 heavy (non-hydrogen) atoms. The molecule has 1 heterocycles. The summed E-state index contributed by atoms with van der Waals surface area (Å²) in [5, 5.41) is 0. The number of nitrogens with zero attached hydrogens (tertiary/aromatic N) is 1. The van der Waals surface area contributed by atoms with Gasteiger partial charge in [-0.25, -0.2) is 9.79 Å². The second-order valence-electron chi connectivity index (χ2n) is 5.97. The topological polar surface area (TPSA) is 38.7 Å². The molecule has 116 valence electrons. The largest absolute Gasteiger partial charge is 0.402 e. The second kappa shape index (κ2) is 6.21. The molecule has 0 spiro atoms. The lowest BCUT2D eigenvalue weighted by Gasteiger charge is -2.05. The number of ether oxygens (including phenoxy) is 1. The number of carbonyl (C=O) groups excluding carboxylic acids is 1. The number of aliphatic imine (C=N–C) groups is 1. The van der Waals surface area contributed by atoms with Gasteiger partial charge in [-0.3, -0.25) is 0 Å². The fourth-order valence-corrected chi connectivity index (χ4v) is 2.44. The molecule has 0 amide bonds. The van der Waals surface area contributed by atoms with Gasteiger partial charge in [-0.05, 0) is 47.7 Å². The third-order valence-electron chi connectivity index (χ3n) is 3.93. The van der Waals surface area contributed by atoms with Crippen LogP contribution in [-0.2, 0) is 9.53 Å². The van der Waals surface area contributed by atoms with Gasteiger partial charge in [0, 0.05) is 5.56 Å². The van der Waals surface area contributed by atoms with E-state index in [2.05, 4.69) is 18.8 Å². The number of hydrogen-bond donors (Lipinski definition) is 0. The lowest BCUT2D eigenvalue weighted by molar-refractivity contribution is -0.129. The van der Waals surface area contributed by atoms with Crippen LogP contribution in [0.15, 0.2) is 59.2 Å². The van der Waals surface area contributed by atoms with Crippen LogP contribution >= 0.6 is 0 Å². The van der Waals surface area contributed by atoms with Crippen molar-refractivity contribution in [3.8, 4) is 0 Å². The van der Waals surface area contributed by atoms with Gasteiger partial charge in [0.25, 0.3) is 0 Å². The minimum atomic E-state index is -0.406. The molecule has 0 unspecified atom stereocenters. The minimum Gasteiger partial charge on any atom is -0.402 e. The smallest absolute Gasteiger partial charge is 0.363 e. The number of carbonyl (C=O) groups is 1. The van der Waals surface area contributed by atoms with Crippen LogP contribution in [0.4, 0.5) is 0 Å². The van der Waals surface area contributed by atoms with E-state index in [1.165, 1.54) is 5.56 Å². The zero-order valence-corrected chi connectivity index (χ0v) is 13.5. The van der Waals surface area contributed by atoms with Gasteiger partial charge in [0.15, 0.2) is 5.70 Å². The van der Waals surface area contributed by atoms with E-state index >= 15 is 0 Å². The normalized spacial score (nSPS) is 15.9. The average molecular weight is 305 g/mol. The minimum absolute atomic E-state index is 0.335. The summed E-state index contributed by atoms with van der Waals surface area (Å²) in [6.07, 6.45) is 1.77. The van der Waals surface area contributed by atoms with Gasteiger partial charge in [-0.1, -0.05) is 50.2 Å². The van der Waals surface area contributed by atoms with E-state index in [0.717, 1.165) is 16.7 Å². The Bertz CT molecular complexity index is 799. The lowest BCUT2D eigenvalue weighted by atomic mass is 10.0. The first-order valence-electron chi connectivity index (χ1n) is 7.73. The quantitative estimate of drug-likeness (QED) is 0.620. The van der Waals surface area contributed by atoms with Crippen molar-refractivity contribution in [1.29, 1.82) is 0 Å². The summed E-state index contributed by atoms with van der Waals surface area (Å²) in [6.45, 7) is 6.29. The molecule has 1 aliphatic heterocycles. The zero-order valence-electron chi connectivity index (χ0n) is 13.5. The van der Waals surface area contributed by atoms with Gasteiger partial charge in [0.05, 0.1) is 0 Å². The summed E-state index contributed by atoms with van der Waals surface area (Å²) in [4.78, 5) is 16.4. The summed E-state index contributed by atoms with van der Waals surface area (Å²) in [5.41, 5.74) is 4.46. The van der Waals surface area contributed by atoms with Gasteiger partial charge in [0.2, 0.25) is 5.90 Å². The lowest BCUT2D eigenvalue weighted by Crippen LogP contribution is -2.05. The van der Waals surface area contributed by atoms with Crippen LogP contribution < -0.4 is 0 Å². The van der Waals surface area contributed by atoms with Crippen molar-refractivity contribution in [3.63, 3.8) is 0 Å². The highest BCUT2D eigenvalue weighted by atomic mass is 16.6. The molecule has 1 aliphatic rings. The molecular weight excluding hydrogens is 286 g/mol. The van der Waals surface area contributed by atoms with Gasteiger partial charge in [-0.2, -0.15) is 0 Å². The van der Waals surface area contributed by atoms with E-state index in [4.69, 9.17) is 4.74 Å². The number of hydrogen-bond acceptors (Lipinski definition) is 3. The van der Waals surface area contributed by atoms with Crippen LogP contribution in [0.3, 0.4) is 0 Å². The highest BCUT2D eigenvalue weighted by Crippen LogP contribution is 2.22. The van der Waals surface area contributed by atoms with E-state index in [1.807, 2.05) is 55.5 Å². The Morgan fingerprint density at radius 3 is 2.39 bits per heavy atom. The second-order valence-corrected chi connectivity index (χ2v) is 5.97. The van der Waals surface area contributed by atoms with Crippen molar-refractivity contribution in [2.24, 2.45) is 4.99 Å². The molecule has 3 heteroatoms. The molecule has 0 radical (unpaired) electrons. The van der Waals surface area contributed by atoms with Crippen LogP contribution in [0, 0.1) is 6.92 Å². The highest BCUT2D eigenvalue weighted by Gasteiger charge is 2.24. The van der Waals surface area contributed by atoms with E-state index in [0.29, 0.717) is 17.5 Å². The van der Waals surface area contributed by atoms with Crippen molar-refractivity contribution in [1.82, 2.24) is 0 Å². The third-order valence-corrected chi connectivity index (χ3v) is 3.93. The molecule has 0 fully saturated rings. The Morgan fingerprint density at radius 2 is 1.74 bits per heavy atom. The number of aryl methyl sites for hydroxylation is 1. The van der Waals surface area contributed by atoms with Crippen molar-refractivity contribution in [3.05, 3.63) is 76.5 Å². The maximum atomic E-state index is 12.0. The molecular formula is C20H19NO2. The molecule has 0 bridgehead atoms. The Morgan fingerprint density at radius 1 is 1.04 bits per heavy atom. The van der Waals surface area contributed by atoms with Crippen molar-refractivity contribution >= 4 is 17.9 Å². The molecule has 3 nitrogen and oxygen atoms in total. The van der Waals surface area contributed by atoms with Gasteiger partial charge in [0.1, 0.15) is 0 Å². The molecule has 3 rings (SSSR count). The summed E-state index contributed by atoms with van der Waals surface area (Å²) in [7, 11) is 0. The first-order chi connectivity index (χ1) is 11.0. The van der Waals surface area contributed by atoms with Gasteiger partial charge >= 0.3 is 5.97 Å². The highest BCUT2D eigenvalue weighted by molar-refractivity contribution is 6.12. The maximum Gasteiger partial charge on any atom is 0.363 e. The molecule has 0 N–H and O–H groups in total. The van der Waals surface area contributed by atoms with Crippen molar-refractivity contribution in [2.45, 2.75) is 26.7 Å². The first-order valence-corrected chi connectivity index (χ1v) is 7.73. The van der Waals surface area contributed by atoms with Crippen LogP contribution in [0.5, 0.6) is 0 Å². The summed E-state index contributed by atoms with van der Waals surface area (Å²) < 4.78 is 5.32. The molecule has 2 aromatic rings. The monoisotopic (exact) mass is 305 g/mol. The number of esters is 1. The zero-order chi connectivity index (χ0) is 16.4. The fourth-order valence-electron chi connectivity index (χ4n) is 2.44. The predicted molar refractivity (Wildman–Crippen MR) is 92.3 cm³/mol. The van der Waals surface area contributed by atoms with Crippen molar-refractivity contribution in [2.75, 3.05) is 0 Å². The molecule has 2 aromatic carbocycles. The van der Waals surface area contributed by atoms with E-state index in [9.17, 15) is 4.79 Å². The van der Waals surface area contributed by atoms with Crippen LogP contribution in [0.2, 0.25) is 0 Å². The molecule has 0 saturated heterocycles. The summed E-state index contributed by atoms with van der Waals surface area (Å²) >= 11 is 0. The van der Waals surface area contributed by atoms with Gasteiger partial charge in [-0.15, -0.1) is 0 Å². The van der Waals surface area contributed by atoms with Crippen LogP contribution in [-0.4, -0.2) is 11.9 Å². The first kappa shape index (κ1) is 15.2. The molecule has 0 saturated carbocycles. The number of rotatable bonds is 3. The predicted octanol–water partition coefficient (Wildman–Crippen LogP) is 4.46. The number of cyclic esters (lactones) is 1. The van der Waals surface area contributed by atoms with Gasteiger partial charge < -0.3 is 4.74 Å².